The fourth-order valence-corrected chi connectivity index (χ4v) is 9.65. The van der Waals surface area contributed by atoms with Gasteiger partial charge in [-0.05, 0) is 55.2 Å². The molecule has 4 aromatic rings. The Kier molecular flexibility index (Phi) is 7.59. The highest BCUT2D eigenvalue weighted by atomic mass is 79.9. The monoisotopic (exact) mass is 779 g/mol. The Morgan fingerprint density at radius 3 is 2.40 bits per heavy atom. The van der Waals surface area contributed by atoms with E-state index in [1.54, 1.807) is 30.3 Å². The number of amides is 4. The SMILES string of the molecule is COc1cc(O)c([C@H]2C3=CC[C@@H]4C(=O)N(c5ccc(-c6nc7ccccc7o6)cc5)C(=O)[C@@H]4[C@@H]3C[C@@]3(Cl)C(=O)N(CBr)C(=O)[C@@]23Cl)c(OC)c1. The van der Waals surface area contributed by atoms with Crippen LogP contribution in [0.25, 0.3) is 22.6 Å². The maximum absolute atomic E-state index is 14.4. The molecule has 2 saturated heterocycles. The van der Waals surface area contributed by atoms with Gasteiger partial charge in [0, 0.05) is 29.2 Å². The van der Waals surface area contributed by atoms with Gasteiger partial charge < -0.3 is 19.0 Å². The smallest absolute Gasteiger partial charge is 0.254 e. The first kappa shape index (κ1) is 32.8. The van der Waals surface area contributed by atoms with Crippen LogP contribution in [-0.4, -0.2) is 68.0 Å². The molecule has 256 valence electrons. The molecule has 50 heavy (non-hydrogen) atoms. The van der Waals surface area contributed by atoms with Crippen LogP contribution >= 0.6 is 39.1 Å². The summed E-state index contributed by atoms with van der Waals surface area (Å²) in [5.74, 6) is -5.53. The summed E-state index contributed by atoms with van der Waals surface area (Å²) >= 11 is 17.9. The van der Waals surface area contributed by atoms with Gasteiger partial charge in [-0.15, -0.1) is 23.2 Å². The zero-order valence-electron chi connectivity index (χ0n) is 26.6. The summed E-state index contributed by atoms with van der Waals surface area (Å²) in [7, 11) is 2.81. The first-order valence-electron chi connectivity index (χ1n) is 15.8. The number of nitrogens with zero attached hydrogens (tertiary/aromatic N) is 3. The van der Waals surface area contributed by atoms with Gasteiger partial charge in [-0.2, -0.15) is 0 Å². The van der Waals surface area contributed by atoms with Crippen molar-refractivity contribution >= 4 is 79.5 Å². The summed E-state index contributed by atoms with van der Waals surface area (Å²) in [6.07, 6.45) is 1.75. The lowest BCUT2D eigenvalue weighted by Gasteiger charge is -2.51. The van der Waals surface area contributed by atoms with Crippen molar-refractivity contribution in [1.82, 2.24) is 9.88 Å². The van der Waals surface area contributed by atoms with Crippen molar-refractivity contribution in [2.24, 2.45) is 17.8 Å². The molecule has 3 fully saturated rings. The third kappa shape index (κ3) is 4.31. The van der Waals surface area contributed by atoms with E-state index >= 15 is 0 Å². The minimum Gasteiger partial charge on any atom is -0.507 e. The van der Waals surface area contributed by atoms with Crippen LogP contribution in [0.5, 0.6) is 17.2 Å². The molecule has 8 rings (SSSR count). The van der Waals surface area contributed by atoms with Crippen molar-refractivity contribution in [2.45, 2.75) is 28.5 Å². The first-order chi connectivity index (χ1) is 24.0. The molecule has 4 amide bonds. The number of anilines is 1. The van der Waals surface area contributed by atoms with Crippen molar-refractivity contribution in [3.63, 3.8) is 0 Å². The Labute approximate surface area is 303 Å². The third-order valence-corrected chi connectivity index (χ3v) is 12.4. The number of allylic oxidation sites excluding steroid dienone is 2. The maximum atomic E-state index is 14.4. The Bertz CT molecular complexity index is 2140. The number of alkyl halides is 3. The van der Waals surface area contributed by atoms with Gasteiger partial charge in [-0.1, -0.05) is 39.7 Å². The summed E-state index contributed by atoms with van der Waals surface area (Å²) in [4.78, 5) is 59.0. The van der Waals surface area contributed by atoms with E-state index in [1.807, 2.05) is 24.3 Å². The summed E-state index contributed by atoms with van der Waals surface area (Å²) in [5.41, 5.74) is 2.82. The molecule has 11 nitrogen and oxygen atoms in total. The average molecular weight is 781 g/mol. The number of likely N-dealkylation sites (tertiary alicyclic amines) is 1. The summed E-state index contributed by atoms with van der Waals surface area (Å²) in [6.45, 7) is 0. The van der Waals surface area contributed by atoms with E-state index in [4.69, 9.17) is 37.1 Å². The van der Waals surface area contributed by atoms with E-state index in [1.165, 1.54) is 26.4 Å². The number of methoxy groups -OCH3 is 2. The van der Waals surface area contributed by atoms with Crippen LogP contribution in [0.3, 0.4) is 0 Å². The van der Waals surface area contributed by atoms with Gasteiger partial charge in [0.05, 0.1) is 37.2 Å². The molecule has 1 N–H and O–H groups in total. The molecule has 3 heterocycles. The number of halogens is 3. The van der Waals surface area contributed by atoms with Crippen molar-refractivity contribution in [3.05, 3.63) is 77.9 Å². The van der Waals surface area contributed by atoms with Crippen LogP contribution in [-0.2, 0) is 19.2 Å². The molecule has 0 unspecified atom stereocenters. The number of phenols is 1. The summed E-state index contributed by atoms with van der Waals surface area (Å²) in [6, 6.07) is 17.0. The van der Waals surface area contributed by atoms with Crippen molar-refractivity contribution in [3.8, 4) is 28.7 Å². The Balaban J connectivity index is 1.21. The van der Waals surface area contributed by atoms with Gasteiger partial charge in [-0.3, -0.25) is 29.0 Å². The normalized spacial score (nSPS) is 28.9. The first-order valence-corrected chi connectivity index (χ1v) is 17.6. The van der Waals surface area contributed by atoms with Gasteiger partial charge in [0.25, 0.3) is 11.8 Å². The largest absolute Gasteiger partial charge is 0.507 e. The molecule has 14 heteroatoms. The minimum absolute atomic E-state index is 0.115. The van der Waals surface area contributed by atoms with Gasteiger partial charge in [0.1, 0.15) is 22.8 Å². The average Bonchev–Trinajstić information content (AvgIpc) is 3.71. The van der Waals surface area contributed by atoms with E-state index in [9.17, 15) is 24.3 Å². The highest BCUT2D eigenvalue weighted by Gasteiger charge is 2.76. The number of rotatable bonds is 6. The number of fused-ring (bicyclic) bond motifs is 5. The number of phenolic OH excluding ortho intramolecular Hbond substituents is 1. The number of hydrogen-bond donors (Lipinski definition) is 1. The van der Waals surface area contributed by atoms with Crippen molar-refractivity contribution < 1.29 is 38.2 Å². The molecule has 0 bridgehead atoms. The number of ether oxygens (including phenoxy) is 2. The molecule has 1 saturated carbocycles. The van der Waals surface area contributed by atoms with Gasteiger partial charge in [-0.25, -0.2) is 4.98 Å². The molecule has 0 spiro atoms. The van der Waals surface area contributed by atoms with Gasteiger partial charge in [0.15, 0.2) is 15.3 Å². The standard InChI is InChI=1S/C36H28BrCl2N3O8/c1-48-19-13-24(43)28(26(14-19)49-2)29-20-11-12-21-27(22(20)15-35(38)33(46)41(16-37)34(47)36(29,35)39)32(45)42(31(21)44)18-9-7-17(8-10-18)30-40-23-5-3-4-6-25(23)50-30/h3-11,13-14,21-22,27,29,43H,12,15-16H2,1-2H3/t21-,22+,27-,29+,35+,36-/m0/s1. The lowest BCUT2D eigenvalue weighted by Crippen LogP contribution is -2.60. The molecule has 4 aliphatic rings. The molecule has 2 aliphatic carbocycles. The number of aromatic hydroxyl groups is 1. The molecule has 6 atom stereocenters. The fourth-order valence-electron chi connectivity index (χ4n) is 8.24. The quantitative estimate of drug-likeness (QED) is 0.106. The molecule has 2 aliphatic heterocycles. The van der Waals surface area contributed by atoms with E-state index in [0.29, 0.717) is 33.8 Å². The number of para-hydroxylation sites is 2. The number of imide groups is 2. The number of oxazole rings is 1. The zero-order valence-corrected chi connectivity index (χ0v) is 29.7. The Morgan fingerprint density at radius 2 is 1.72 bits per heavy atom. The zero-order chi connectivity index (χ0) is 35.3. The maximum Gasteiger partial charge on any atom is 0.254 e. The van der Waals surface area contributed by atoms with Crippen LogP contribution in [0.15, 0.2) is 76.7 Å². The van der Waals surface area contributed by atoms with Crippen molar-refractivity contribution in [2.75, 3.05) is 24.6 Å². The summed E-state index contributed by atoms with van der Waals surface area (Å²) < 4.78 is 16.9. The molecule has 3 aromatic carbocycles. The van der Waals surface area contributed by atoms with Gasteiger partial charge in [0.2, 0.25) is 17.7 Å². The van der Waals surface area contributed by atoms with E-state index < -0.39 is 57.0 Å². The van der Waals surface area contributed by atoms with Crippen molar-refractivity contribution in [1.29, 1.82) is 0 Å². The highest BCUT2D eigenvalue weighted by molar-refractivity contribution is 9.09. The molecule has 0 radical (unpaired) electrons. The van der Waals surface area contributed by atoms with Crippen LogP contribution in [0.1, 0.15) is 24.3 Å². The van der Waals surface area contributed by atoms with Crippen LogP contribution in [0, 0.1) is 17.8 Å². The number of carbonyl (C=O) groups is 4. The van der Waals surface area contributed by atoms with E-state index in [0.717, 1.165) is 9.80 Å². The predicted molar refractivity (Wildman–Crippen MR) is 186 cm³/mol. The Morgan fingerprint density at radius 1 is 0.980 bits per heavy atom. The third-order valence-electron chi connectivity index (χ3n) is 10.5. The second-order valence-electron chi connectivity index (χ2n) is 12.8. The predicted octanol–water partition coefficient (Wildman–Crippen LogP) is 6.13. The molecular weight excluding hydrogens is 753 g/mol. The number of carbonyl (C=O) groups excluding carboxylic acids is 4. The second-order valence-corrected chi connectivity index (χ2v) is 14.5. The number of hydrogen-bond acceptors (Lipinski definition) is 9. The van der Waals surface area contributed by atoms with Crippen LogP contribution in [0.2, 0.25) is 0 Å². The van der Waals surface area contributed by atoms with E-state index in [2.05, 4.69) is 20.9 Å². The summed E-state index contributed by atoms with van der Waals surface area (Å²) in [5, 5.41) is 11.4. The Hall–Kier alpha value is -4.39. The lowest BCUT2D eigenvalue weighted by atomic mass is 9.56. The van der Waals surface area contributed by atoms with Crippen LogP contribution < -0.4 is 14.4 Å². The number of benzene rings is 3. The lowest BCUT2D eigenvalue weighted by molar-refractivity contribution is -0.138. The molecular formula is C36H28BrCl2N3O8. The van der Waals surface area contributed by atoms with E-state index in [-0.39, 0.29) is 41.1 Å². The highest BCUT2D eigenvalue weighted by Crippen LogP contribution is 2.67. The minimum atomic E-state index is -2.11. The topological polar surface area (TPSA) is 139 Å². The fraction of sp³-hybridized carbons (Fsp3) is 0.306. The second kappa shape index (κ2) is 11.6. The van der Waals surface area contributed by atoms with Gasteiger partial charge >= 0.3 is 0 Å². The molecule has 1 aromatic heterocycles. The van der Waals surface area contributed by atoms with Crippen LogP contribution in [0.4, 0.5) is 5.69 Å². The number of aromatic nitrogens is 1.